The van der Waals surface area contributed by atoms with Crippen LogP contribution in [0.25, 0.3) is 16.7 Å². The van der Waals surface area contributed by atoms with Crippen LogP contribution in [0, 0.1) is 6.92 Å². The number of esters is 1. The molecule has 2 aromatic carbocycles. The van der Waals surface area contributed by atoms with Gasteiger partial charge in [-0.15, -0.1) is 15.0 Å². The fourth-order valence-corrected chi connectivity index (χ4v) is 2.30. The Bertz CT molecular complexity index is 978. The van der Waals surface area contributed by atoms with Gasteiger partial charge in [0.2, 0.25) is 0 Å². The first-order valence-electron chi connectivity index (χ1n) is 8.06. The Kier molecular flexibility index (Phi) is 4.88. The zero-order valence-corrected chi connectivity index (χ0v) is 14.6. The topological polar surface area (TPSA) is 86.5 Å². The van der Waals surface area contributed by atoms with Crippen molar-refractivity contribution in [3.8, 4) is 17.2 Å². The summed E-state index contributed by atoms with van der Waals surface area (Å²) in [5.74, 6) is 0.0764. The van der Waals surface area contributed by atoms with Gasteiger partial charge < -0.3 is 14.6 Å². The number of nitrogens with zero attached hydrogens (tertiary/aromatic N) is 3. The minimum absolute atomic E-state index is 0.0306. The number of rotatable bonds is 6. The van der Waals surface area contributed by atoms with Crippen LogP contribution in [0.1, 0.15) is 12.5 Å². The third-order valence-electron chi connectivity index (χ3n) is 3.63. The number of benzene rings is 2. The van der Waals surface area contributed by atoms with Crippen LogP contribution in [-0.2, 0) is 9.53 Å². The van der Waals surface area contributed by atoms with Gasteiger partial charge in [-0.2, -0.15) is 0 Å². The monoisotopic (exact) mass is 353 g/mol. The molecular weight excluding hydrogens is 334 g/mol. The molecule has 0 aliphatic rings. The highest BCUT2D eigenvalue weighted by atomic mass is 16.6. The predicted molar refractivity (Wildman–Crippen MR) is 96.5 cm³/mol. The standard InChI is InChI=1S/C19H19N3O4/c1-12(2)19(24)26-9-8-25-14-5-7-18(23)17(11-14)22-20-15-6-4-13(3)10-16(15)21-22/h4-7,10-11,23H,1,8-9H2,2-3H3. The smallest absolute Gasteiger partial charge is 0.333 e. The van der Waals surface area contributed by atoms with Crippen molar-refractivity contribution < 1.29 is 19.4 Å². The number of hydrogen-bond acceptors (Lipinski definition) is 6. The van der Waals surface area contributed by atoms with Crippen molar-refractivity contribution in [3.05, 3.63) is 54.1 Å². The van der Waals surface area contributed by atoms with Crippen molar-refractivity contribution in [2.45, 2.75) is 13.8 Å². The SMILES string of the molecule is C=C(C)C(=O)OCCOc1ccc(O)c(-n2nc3ccc(C)cc3n2)c1. The van der Waals surface area contributed by atoms with Crippen LogP contribution in [0.15, 0.2) is 48.6 Å². The van der Waals surface area contributed by atoms with Crippen LogP contribution in [0.5, 0.6) is 11.5 Å². The maximum atomic E-state index is 11.3. The zero-order valence-electron chi connectivity index (χ0n) is 14.6. The summed E-state index contributed by atoms with van der Waals surface area (Å²) in [6.45, 7) is 7.35. The molecule has 1 aromatic heterocycles. The highest BCUT2D eigenvalue weighted by Gasteiger charge is 2.11. The Hall–Kier alpha value is -3.35. The first-order chi connectivity index (χ1) is 12.4. The summed E-state index contributed by atoms with van der Waals surface area (Å²) in [6.07, 6.45) is 0. The fraction of sp³-hybridized carbons (Fsp3) is 0.211. The average Bonchev–Trinajstić information content (AvgIpc) is 3.02. The number of aromatic nitrogens is 3. The Labute approximate surface area is 150 Å². The van der Waals surface area contributed by atoms with Gasteiger partial charge in [0.15, 0.2) is 0 Å². The number of ether oxygens (including phenoxy) is 2. The number of fused-ring (bicyclic) bond motifs is 1. The number of hydrogen-bond donors (Lipinski definition) is 1. The summed E-state index contributed by atoms with van der Waals surface area (Å²) < 4.78 is 10.5. The molecule has 1 N–H and O–H groups in total. The number of carbonyl (C=O) groups excluding carboxylic acids is 1. The van der Waals surface area contributed by atoms with Crippen LogP contribution in [0.2, 0.25) is 0 Å². The van der Waals surface area contributed by atoms with E-state index in [-0.39, 0.29) is 19.0 Å². The van der Waals surface area contributed by atoms with Crippen LogP contribution in [-0.4, -0.2) is 39.3 Å². The van der Waals surface area contributed by atoms with Crippen molar-refractivity contribution in [2.24, 2.45) is 0 Å². The molecular formula is C19H19N3O4. The Morgan fingerprint density at radius 3 is 2.69 bits per heavy atom. The molecule has 0 amide bonds. The minimum atomic E-state index is -0.456. The van der Waals surface area contributed by atoms with E-state index in [1.54, 1.807) is 19.1 Å². The predicted octanol–water partition coefficient (Wildman–Crippen LogP) is 2.93. The number of phenols is 1. The van der Waals surface area contributed by atoms with Crippen LogP contribution in [0.3, 0.4) is 0 Å². The van der Waals surface area contributed by atoms with Gasteiger partial charge in [0.1, 0.15) is 41.4 Å². The molecule has 3 aromatic rings. The van der Waals surface area contributed by atoms with Gasteiger partial charge in [0.05, 0.1) is 0 Å². The van der Waals surface area contributed by atoms with Crippen molar-refractivity contribution in [2.75, 3.05) is 13.2 Å². The number of aryl methyl sites for hydroxylation is 1. The quantitative estimate of drug-likeness (QED) is 0.416. The molecule has 0 atom stereocenters. The zero-order chi connectivity index (χ0) is 18.7. The molecule has 1 heterocycles. The third-order valence-corrected chi connectivity index (χ3v) is 3.63. The molecule has 7 heteroatoms. The van der Waals surface area contributed by atoms with Gasteiger partial charge in [-0.25, -0.2) is 4.79 Å². The summed E-state index contributed by atoms with van der Waals surface area (Å²) in [4.78, 5) is 12.7. The van der Waals surface area contributed by atoms with Gasteiger partial charge >= 0.3 is 5.97 Å². The average molecular weight is 353 g/mol. The molecule has 3 rings (SSSR count). The van der Waals surface area contributed by atoms with E-state index in [9.17, 15) is 9.90 Å². The summed E-state index contributed by atoms with van der Waals surface area (Å²) in [7, 11) is 0. The Morgan fingerprint density at radius 2 is 1.92 bits per heavy atom. The van der Waals surface area contributed by atoms with Crippen molar-refractivity contribution in [3.63, 3.8) is 0 Å². The number of aromatic hydroxyl groups is 1. The fourth-order valence-electron chi connectivity index (χ4n) is 2.30. The van der Waals surface area contributed by atoms with E-state index >= 15 is 0 Å². The maximum absolute atomic E-state index is 11.3. The normalized spacial score (nSPS) is 10.7. The van der Waals surface area contributed by atoms with Crippen LogP contribution >= 0.6 is 0 Å². The summed E-state index contributed by atoms with van der Waals surface area (Å²) in [5.41, 5.74) is 3.28. The molecule has 0 radical (unpaired) electrons. The lowest BCUT2D eigenvalue weighted by atomic mass is 10.2. The third kappa shape index (κ3) is 3.83. The van der Waals surface area contributed by atoms with E-state index in [0.717, 1.165) is 16.6 Å². The molecule has 0 unspecified atom stereocenters. The van der Waals surface area contributed by atoms with Crippen LogP contribution in [0.4, 0.5) is 0 Å². The molecule has 0 saturated carbocycles. The summed E-state index contributed by atoms with van der Waals surface area (Å²) >= 11 is 0. The maximum Gasteiger partial charge on any atom is 0.333 e. The van der Waals surface area contributed by atoms with Gasteiger partial charge in [-0.3, -0.25) is 0 Å². The number of phenolic OH excluding ortho intramolecular Hbond substituents is 1. The highest BCUT2D eigenvalue weighted by molar-refractivity contribution is 5.86. The number of carbonyl (C=O) groups is 1. The molecule has 0 spiro atoms. The van der Waals surface area contributed by atoms with E-state index in [0.29, 0.717) is 17.0 Å². The second kappa shape index (κ2) is 7.26. The lowest BCUT2D eigenvalue weighted by molar-refractivity contribution is -0.139. The van der Waals surface area contributed by atoms with Crippen molar-refractivity contribution in [1.82, 2.24) is 15.0 Å². The van der Waals surface area contributed by atoms with Gasteiger partial charge in [-0.1, -0.05) is 12.6 Å². The van der Waals surface area contributed by atoms with E-state index in [1.807, 2.05) is 25.1 Å². The van der Waals surface area contributed by atoms with Crippen molar-refractivity contribution in [1.29, 1.82) is 0 Å². The van der Waals surface area contributed by atoms with E-state index in [2.05, 4.69) is 16.8 Å². The lowest BCUT2D eigenvalue weighted by Gasteiger charge is -2.09. The second-order valence-electron chi connectivity index (χ2n) is 5.90. The molecule has 7 nitrogen and oxygen atoms in total. The Morgan fingerprint density at radius 1 is 1.15 bits per heavy atom. The molecule has 0 fully saturated rings. The first kappa shape index (κ1) is 17.5. The molecule has 134 valence electrons. The molecule has 0 aliphatic carbocycles. The van der Waals surface area contributed by atoms with Gasteiger partial charge in [0.25, 0.3) is 0 Å². The second-order valence-corrected chi connectivity index (χ2v) is 5.90. The van der Waals surface area contributed by atoms with Crippen molar-refractivity contribution >= 4 is 17.0 Å². The highest BCUT2D eigenvalue weighted by Crippen LogP contribution is 2.26. The lowest BCUT2D eigenvalue weighted by Crippen LogP contribution is -2.12. The van der Waals surface area contributed by atoms with E-state index in [1.165, 1.54) is 10.9 Å². The largest absolute Gasteiger partial charge is 0.506 e. The van der Waals surface area contributed by atoms with Gasteiger partial charge in [0, 0.05) is 11.6 Å². The molecule has 0 aliphatic heterocycles. The van der Waals surface area contributed by atoms with Gasteiger partial charge in [-0.05, 0) is 43.7 Å². The molecule has 0 bridgehead atoms. The molecule has 0 saturated heterocycles. The van der Waals surface area contributed by atoms with E-state index < -0.39 is 5.97 Å². The minimum Gasteiger partial charge on any atom is -0.506 e. The first-order valence-corrected chi connectivity index (χ1v) is 8.06. The Balaban J connectivity index is 1.74. The van der Waals surface area contributed by atoms with Crippen LogP contribution < -0.4 is 4.74 Å². The molecule has 26 heavy (non-hydrogen) atoms. The summed E-state index contributed by atoms with van der Waals surface area (Å²) in [5, 5.41) is 18.9. The van der Waals surface area contributed by atoms with E-state index in [4.69, 9.17) is 9.47 Å². The summed E-state index contributed by atoms with van der Waals surface area (Å²) in [6, 6.07) is 10.5.